The van der Waals surface area contributed by atoms with Crippen LogP contribution in [0, 0.1) is 12.7 Å². The lowest BCUT2D eigenvalue weighted by Crippen LogP contribution is -2.40. The number of aryl methyl sites for hydroxylation is 1. The van der Waals surface area contributed by atoms with Gasteiger partial charge in [0, 0.05) is 0 Å². The Morgan fingerprint density at radius 2 is 2.00 bits per heavy atom. The van der Waals surface area contributed by atoms with Crippen molar-refractivity contribution in [3.05, 3.63) is 57.3 Å². The standard InChI is InChI=1S/C18H17BrClFN2O3/c1-10-3-5-15(14(20)7-10)23-17(24)9-22-18(25)11(2)26-16-6-4-12(21)8-13(16)19/h3-8,11H,9H2,1-2H3,(H,22,25)(H,23,24). The molecule has 0 aliphatic carbocycles. The van der Waals surface area contributed by atoms with Gasteiger partial charge >= 0.3 is 0 Å². The molecule has 5 nitrogen and oxygen atoms in total. The van der Waals surface area contributed by atoms with Crippen LogP contribution in [0.4, 0.5) is 10.1 Å². The normalized spacial score (nSPS) is 11.6. The number of halogens is 3. The number of ether oxygens (including phenoxy) is 1. The van der Waals surface area contributed by atoms with E-state index >= 15 is 0 Å². The monoisotopic (exact) mass is 442 g/mol. The predicted octanol–water partition coefficient (Wildman–Crippen LogP) is 4.07. The van der Waals surface area contributed by atoms with Gasteiger partial charge in [0.25, 0.3) is 5.91 Å². The number of carbonyl (C=O) groups is 2. The zero-order chi connectivity index (χ0) is 19.3. The van der Waals surface area contributed by atoms with E-state index in [0.717, 1.165) is 5.56 Å². The zero-order valence-corrected chi connectivity index (χ0v) is 16.4. The summed E-state index contributed by atoms with van der Waals surface area (Å²) in [6.45, 7) is 3.18. The molecule has 0 saturated carbocycles. The first-order valence-corrected chi connectivity index (χ1v) is 8.89. The van der Waals surface area contributed by atoms with Gasteiger partial charge in [0.1, 0.15) is 11.6 Å². The van der Waals surface area contributed by atoms with E-state index in [-0.39, 0.29) is 6.54 Å². The Bertz CT molecular complexity index is 832. The highest BCUT2D eigenvalue weighted by molar-refractivity contribution is 9.10. The summed E-state index contributed by atoms with van der Waals surface area (Å²) in [5.41, 5.74) is 1.44. The van der Waals surface area contributed by atoms with Crippen LogP contribution in [0.3, 0.4) is 0 Å². The molecule has 0 aromatic heterocycles. The molecular weight excluding hydrogens is 427 g/mol. The van der Waals surface area contributed by atoms with Crippen molar-refractivity contribution in [2.75, 3.05) is 11.9 Å². The third-order valence-corrected chi connectivity index (χ3v) is 4.32. The molecule has 2 aromatic rings. The number of amides is 2. The largest absolute Gasteiger partial charge is 0.480 e. The van der Waals surface area contributed by atoms with Crippen LogP contribution in [0.1, 0.15) is 12.5 Å². The second-order valence-electron chi connectivity index (χ2n) is 5.58. The molecule has 1 unspecified atom stereocenters. The van der Waals surface area contributed by atoms with Gasteiger partial charge in [0.05, 0.1) is 21.7 Å². The quantitative estimate of drug-likeness (QED) is 0.707. The average molecular weight is 444 g/mol. The van der Waals surface area contributed by atoms with E-state index in [1.807, 2.05) is 13.0 Å². The lowest BCUT2D eigenvalue weighted by molar-refractivity contribution is -0.129. The number of hydrogen-bond acceptors (Lipinski definition) is 3. The highest BCUT2D eigenvalue weighted by Gasteiger charge is 2.17. The molecule has 138 valence electrons. The average Bonchev–Trinajstić information content (AvgIpc) is 2.57. The van der Waals surface area contributed by atoms with Crippen molar-refractivity contribution in [2.45, 2.75) is 20.0 Å². The van der Waals surface area contributed by atoms with Crippen molar-refractivity contribution in [1.82, 2.24) is 5.32 Å². The van der Waals surface area contributed by atoms with E-state index in [0.29, 0.717) is 20.9 Å². The lowest BCUT2D eigenvalue weighted by Gasteiger charge is -2.16. The third-order valence-electron chi connectivity index (χ3n) is 3.39. The van der Waals surface area contributed by atoms with Gasteiger partial charge in [-0.15, -0.1) is 0 Å². The molecule has 2 aromatic carbocycles. The second kappa shape index (κ2) is 9.00. The summed E-state index contributed by atoms with van der Waals surface area (Å²) < 4.78 is 18.9. The lowest BCUT2D eigenvalue weighted by atomic mass is 10.2. The summed E-state index contributed by atoms with van der Waals surface area (Å²) in [6.07, 6.45) is -0.868. The minimum atomic E-state index is -0.868. The molecule has 0 bridgehead atoms. The van der Waals surface area contributed by atoms with Gasteiger partial charge in [-0.25, -0.2) is 4.39 Å². The predicted molar refractivity (Wildman–Crippen MR) is 102 cm³/mol. The third kappa shape index (κ3) is 5.71. The molecule has 0 aliphatic heterocycles. The molecule has 2 rings (SSSR count). The first-order valence-electron chi connectivity index (χ1n) is 7.71. The van der Waals surface area contributed by atoms with Gasteiger partial charge in [-0.05, 0) is 65.7 Å². The van der Waals surface area contributed by atoms with Crippen molar-refractivity contribution in [3.63, 3.8) is 0 Å². The topological polar surface area (TPSA) is 67.4 Å². The highest BCUT2D eigenvalue weighted by Crippen LogP contribution is 2.26. The molecule has 0 radical (unpaired) electrons. The minimum Gasteiger partial charge on any atom is -0.480 e. The van der Waals surface area contributed by atoms with E-state index in [4.69, 9.17) is 16.3 Å². The molecule has 0 saturated heterocycles. The summed E-state index contributed by atoms with van der Waals surface area (Å²) in [7, 11) is 0. The Kier molecular flexibility index (Phi) is 6.99. The zero-order valence-electron chi connectivity index (χ0n) is 14.1. The molecule has 0 aliphatic rings. The Labute approximate surface area is 164 Å². The second-order valence-corrected chi connectivity index (χ2v) is 6.85. The fourth-order valence-corrected chi connectivity index (χ4v) is 2.77. The molecular formula is C18H17BrClFN2O3. The molecule has 26 heavy (non-hydrogen) atoms. The fourth-order valence-electron chi connectivity index (χ4n) is 2.04. The number of benzene rings is 2. The molecule has 2 amide bonds. The van der Waals surface area contributed by atoms with E-state index < -0.39 is 23.7 Å². The van der Waals surface area contributed by atoms with Gasteiger partial charge in [0.15, 0.2) is 6.10 Å². The van der Waals surface area contributed by atoms with Crippen LogP contribution < -0.4 is 15.4 Å². The van der Waals surface area contributed by atoms with E-state index in [1.54, 1.807) is 12.1 Å². The summed E-state index contributed by atoms with van der Waals surface area (Å²) in [4.78, 5) is 24.0. The van der Waals surface area contributed by atoms with Crippen LogP contribution in [-0.4, -0.2) is 24.5 Å². The van der Waals surface area contributed by atoms with Gasteiger partial charge in [-0.1, -0.05) is 17.7 Å². The molecule has 2 N–H and O–H groups in total. The van der Waals surface area contributed by atoms with Crippen molar-refractivity contribution < 1.29 is 18.7 Å². The van der Waals surface area contributed by atoms with E-state index in [9.17, 15) is 14.0 Å². The molecule has 1 atom stereocenters. The van der Waals surface area contributed by atoms with Crippen molar-refractivity contribution >= 4 is 45.0 Å². The van der Waals surface area contributed by atoms with Gasteiger partial charge in [-0.2, -0.15) is 0 Å². The number of anilines is 1. The molecule has 0 spiro atoms. The van der Waals surface area contributed by atoms with Crippen molar-refractivity contribution in [1.29, 1.82) is 0 Å². The number of hydrogen-bond donors (Lipinski definition) is 2. The number of nitrogens with one attached hydrogen (secondary N) is 2. The summed E-state index contributed by atoms with van der Waals surface area (Å²) in [5, 5.41) is 5.52. The summed E-state index contributed by atoms with van der Waals surface area (Å²) in [5.74, 6) is -0.997. The fraction of sp³-hybridized carbons (Fsp3) is 0.222. The molecule has 0 fully saturated rings. The van der Waals surface area contributed by atoms with Crippen LogP contribution in [-0.2, 0) is 9.59 Å². The van der Waals surface area contributed by atoms with Gasteiger partial charge in [0.2, 0.25) is 5.91 Å². The maximum atomic E-state index is 13.1. The van der Waals surface area contributed by atoms with E-state index in [2.05, 4.69) is 26.6 Å². The molecule has 8 heteroatoms. The Morgan fingerprint density at radius 1 is 1.27 bits per heavy atom. The first-order chi connectivity index (χ1) is 12.3. The molecule has 0 heterocycles. The first kappa shape index (κ1) is 20.2. The van der Waals surface area contributed by atoms with Crippen molar-refractivity contribution in [3.8, 4) is 5.75 Å². The minimum absolute atomic E-state index is 0.235. The summed E-state index contributed by atoms with van der Waals surface area (Å²) in [6, 6.07) is 9.11. The maximum absolute atomic E-state index is 13.1. The van der Waals surface area contributed by atoms with Crippen LogP contribution in [0.5, 0.6) is 5.75 Å². The Balaban J connectivity index is 1.85. The van der Waals surface area contributed by atoms with Crippen LogP contribution in [0.2, 0.25) is 5.02 Å². The van der Waals surface area contributed by atoms with Gasteiger partial charge < -0.3 is 15.4 Å². The highest BCUT2D eigenvalue weighted by atomic mass is 79.9. The SMILES string of the molecule is Cc1ccc(NC(=O)CNC(=O)C(C)Oc2ccc(F)cc2Br)c(Cl)c1. The van der Waals surface area contributed by atoms with Crippen LogP contribution >= 0.6 is 27.5 Å². The van der Waals surface area contributed by atoms with E-state index in [1.165, 1.54) is 25.1 Å². The maximum Gasteiger partial charge on any atom is 0.261 e. The smallest absolute Gasteiger partial charge is 0.261 e. The summed E-state index contributed by atoms with van der Waals surface area (Å²) >= 11 is 9.21. The van der Waals surface area contributed by atoms with Crippen LogP contribution in [0.15, 0.2) is 40.9 Å². The Morgan fingerprint density at radius 3 is 2.65 bits per heavy atom. The number of rotatable bonds is 6. The Hall–Kier alpha value is -2.12. The van der Waals surface area contributed by atoms with Crippen LogP contribution in [0.25, 0.3) is 0 Å². The van der Waals surface area contributed by atoms with Gasteiger partial charge in [-0.3, -0.25) is 9.59 Å². The van der Waals surface area contributed by atoms with Crippen molar-refractivity contribution in [2.24, 2.45) is 0 Å². The number of carbonyl (C=O) groups excluding carboxylic acids is 2.